The van der Waals surface area contributed by atoms with Crippen molar-refractivity contribution in [3.63, 3.8) is 0 Å². The summed E-state index contributed by atoms with van der Waals surface area (Å²) in [6.07, 6.45) is -0.0743. The van der Waals surface area contributed by atoms with Gasteiger partial charge in [0.05, 0.1) is 11.7 Å². The molecule has 0 atom stereocenters. The van der Waals surface area contributed by atoms with Gasteiger partial charge in [-0.15, -0.1) is 0 Å². The number of rotatable bonds is 3. The van der Waals surface area contributed by atoms with Gasteiger partial charge in [-0.05, 0) is 60.1 Å². The van der Waals surface area contributed by atoms with E-state index in [0.29, 0.717) is 11.3 Å². The molecule has 4 heteroatoms. The Morgan fingerprint density at radius 2 is 1.13 bits per heavy atom. The van der Waals surface area contributed by atoms with Crippen molar-refractivity contribution in [2.75, 3.05) is 0 Å². The molecule has 2 aromatic rings. The van der Waals surface area contributed by atoms with E-state index in [1.165, 1.54) is 18.1 Å². The zero-order valence-electron chi connectivity index (χ0n) is 19.8. The summed E-state index contributed by atoms with van der Waals surface area (Å²) in [5.41, 5.74) is 3.30. The van der Waals surface area contributed by atoms with Crippen LogP contribution in [-0.2, 0) is 20.4 Å². The molecule has 30 heavy (non-hydrogen) atoms. The molecule has 0 aliphatic heterocycles. The van der Waals surface area contributed by atoms with E-state index in [9.17, 15) is 9.59 Å². The fraction of sp³-hybridized carbons (Fsp3) is 0.462. The van der Waals surface area contributed by atoms with E-state index in [1.54, 1.807) is 0 Å². The number of carbonyl (C=O) groups is 2. The molecule has 4 nitrogen and oxygen atoms in total. The topological polar surface area (TPSA) is 52.6 Å². The van der Waals surface area contributed by atoms with Crippen LogP contribution in [0, 0.1) is 0 Å². The van der Waals surface area contributed by atoms with Gasteiger partial charge in [-0.1, -0.05) is 65.8 Å². The van der Waals surface area contributed by atoms with Gasteiger partial charge < -0.3 is 9.47 Å². The van der Waals surface area contributed by atoms with Crippen molar-refractivity contribution in [2.45, 2.75) is 79.2 Å². The molecule has 2 rings (SSSR count). The molecule has 0 heterocycles. The molecular weight excluding hydrogens is 376 g/mol. The van der Waals surface area contributed by atoms with Gasteiger partial charge in [0.25, 0.3) is 0 Å². The number of hydrogen-bond acceptors (Lipinski definition) is 4. The third kappa shape index (κ3) is 8.81. The lowest BCUT2D eigenvalue weighted by molar-refractivity contribution is -0.131. The molecule has 0 fully saturated rings. The first-order valence-electron chi connectivity index (χ1n) is 10.3. The van der Waals surface area contributed by atoms with Crippen LogP contribution in [0.3, 0.4) is 0 Å². The number of esters is 2. The molecule has 0 radical (unpaired) electrons. The second-order valence-electron chi connectivity index (χ2n) is 9.65. The molecule has 0 spiro atoms. The van der Waals surface area contributed by atoms with E-state index in [-0.39, 0.29) is 28.9 Å². The molecule has 0 N–H and O–H groups in total. The maximum atomic E-state index is 11.6. The minimum atomic E-state index is -0.284. The molecule has 0 amide bonds. The Balaban J connectivity index is 0.000000303. The molecular formula is C26H36O4. The van der Waals surface area contributed by atoms with Gasteiger partial charge in [0, 0.05) is 6.92 Å². The maximum absolute atomic E-state index is 11.6. The normalized spacial score (nSPS) is 11.4. The van der Waals surface area contributed by atoms with Crippen LogP contribution in [0.4, 0.5) is 0 Å². The predicted octanol–water partition coefficient (Wildman–Crippen LogP) is 6.46. The van der Waals surface area contributed by atoms with Crippen LogP contribution < -0.4 is 4.74 Å². The molecule has 0 bridgehead atoms. The van der Waals surface area contributed by atoms with Gasteiger partial charge in [0.2, 0.25) is 0 Å². The van der Waals surface area contributed by atoms with Crippen LogP contribution in [0.5, 0.6) is 5.75 Å². The maximum Gasteiger partial charge on any atom is 0.338 e. The Kier molecular flexibility index (Phi) is 8.83. The van der Waals surface area contributed by atoms with E-state index in [0.717, 1.165) is 0 Å². The van der Waals surface area contributed by atoms with Gasteiger partial charge in [0.1, 0.15) is 5.75 Å². The molecule has 164 valence electrons. The van der Waals surface area contributed by atoms with Crippen LogP contribution in [0.15, 0.2) is 48.5 Å². The molecule has 0 aliphatic carbocycles. The van der Waals surface area contributed by atoms with Gasteiger partial charge in [0.15, 0.2) is 0 Å². The lowest BCUT2D eigenvalue weighted by Crippen LogP contribution is -2.13. The predicted molar refractivity (Wildman–Crippen MR) is 122 cm³/mol. The largest absolute Gasteiger partial charge is 0.459 e. The van der Waals surface area contributed by atoms with Crippen LogP contribution >= 0.6 is 0 Å². The number of benzene rings is 2. The van der Waals surface area contributed by atoms with Crippen LogP contribution in [-0.4, -0.2) is 18.0 Å². The lowest BCUT2D eigenvalue weighted by Gasteiger charge is -2.19. The fourth-order valence-corrected chi connectivity index (χ4v) is 2.58. The van der Waals surface area contributed by atoms with Crippen molar-refractivity contribution in [1.29, 1.82) is 0 Å². The highest BCUT2D eigenvalue weighted by Gasteiger charge is 2.15. The van der Waals surface area contributed by atoms with Crippen molar-refractivity contribution in [2.24, 2.45) is 0 Å². The first kappa shape index (κ1) is 25.4. The summed E-state index contributed by atoms with van der Waals surface area (Å²) in [4.78, 5) is 22.3. The van der Waals surface area contributed by atoms with Crippen LogP contribution in [0.1, 0.15) is 83.8 Å². The zero-order valence-corrected chi connectivity index (χ0v) is 19.8. The minimum absolute atomic E-state index is 0.0743. The van der Waals surface area contributed by atoms with Gasteiger partial charge in [-0.3, -0.25) is 4.79 Å². The van der Waals surface area contributed by atoms with Crippen molar-refractivity contribution in [1.82, 2.24) is 0 Å². The van der Waals surface area contributed by atoms with E-state index >= 15 is 0 Å². The zero-order chi connectivity index (χ0) is 23.1. The second kappa shape index (κ2) is 10.4. The summed E-state index contributed by atoms with van der Waals surface area (Å²) in [5, 5.41) is 0. The van der Waals surface area contributed by atoms with E-state index in [1.807, 2.05) is 62.4 Å². The molecule has 0 aromatic heterocycles. The van der Waals surface area contributed by atoms with Gasteiger partial charge >= 0.3 is 11.9 Å². The Morgan fingerprint density at radius 1 is 0.733 bits per heavy atom. The smallest absolute Gasteiger partial charge is 0.338 e. The quantitative estimate of drug-likeness (QED) is 0.429. The van der Waals surface area contributed by atoms with Crippen LogP contribution in [0.25, 0.3) is 0 Å². The first-order chi connectivity index (χ1) is 13.7. The highest BCUT2D eigenvalue weighted by Crippen LogP contribution is 2.24. The molecule has 0 saturated carbocycles. The van der Waals surface area contributed by atoms with Crippen molar-refractivity contribution >= 4 is 11.9 Å². The Hall–Kier alpha value is -2.62. The monoisotopic (exact) mass is 412 g/mol. The van der Waals surface area contributed by atoms with Crippen LogP contribution in [0.2, 0.25) is 0 Å². The van der Waals surface area contributed by atoms with E-state index < -0.39 is 0 Å². The average Bonchev–Trinajstić information content (AvgIpc) is 2.60. The van der Waals surface area contributed by atoms with E-state index in [2.05, 4.69) is 41.5 Å². The van der Waals surface area contributed by atoms with Crippen molar-refractivity contribution in [3.8, 4) is 5.75 Å². The summed E-state index contributed by atoms with van der Waals surface area (Å²) < 4.78 is 10.1. The summed E-state index contributed by atoms with van der Waals surface area (Å²) in [6.45, 7) is 18.0. The number of hydrogen-bond donors (Lipinski definition) is 0. The molecule has 2 aromatic carbocycles. The second-order valence-corrected chi connectivity index (χ2v) is 9.65. The average molecular weight is 413 g/mol. The SMILES string of the molecule is CC(=O)Oc1ccc(C(C)(C)C)cc1.CC(C)OC(=O)c1ccc(C(C)(C)C)cc1. The van der Waals surface area contributed by atoms with Crippen molar-refractivity contribution < 1.29 is 19.1 Å². The van der Waals surface area contributed by atoms with Crippen molar-refractivity contribution in [3.05, 3.63) is 65.2 Å². The standard InChI is InChI=1S/C14H20O2.C12H16O2/c1-10(2)16-13(15)11-6-8-12(9-7-11)14(3,4)5;1-9(13)14-11-7-5-10(6-8-11)12(2,3)4/h6-10H,1-5H3;5-8H,1-4H3. The third-order valence-electron chi connectivity index (χ3n) is 4.31. The first-order valence-corrected chi connectivity index (χ1v) is 10.3. The molecule has 0 saturated heterocycles. The molecule has 0 aliphatic rings. The Labute approximate surface area is 181 Å². The Bertz CT molecular complexity index is 817. The fourth-order valence-electron chi connectivity index (χ4n) is 2.58. The molecule has 0 unspecified atom stereocenters. The third-order valence-corrected chi connectivity index (χ3v) is 4.31. The summed E-state index contributed by atoms with van der Waals surface area (Å²) in [6, 6.07) is 15.2. The number of carbonyl (C=O) groups excluding carboxylic acids is 2. The van der Waals surface area contributed by atoms with E-state index in [4.69, 9.17) is 9.47 Å². The summed E-state index contributed by atoms with van der Waals surface area (Å²) in [5.74, 6) is 0.0643. The summed E-state index contributed by atoms with van der Waals surface area (Å²) >= 11 is 0. The Morgan fingerprint density at radius 3 is 1.47 bits per heavy atom. The minimum Gasteiger partial charge on any atom is -0.459 e. The lowest BCUT2D eigenvalue weighted by atomic mass is 9.87. The summed E-state index contributed by atoms with van der Waals surface area (Å²) in [7, 11) is 0. The number of ether oxygens (including phenoxy) is 2. The highest BCUT2D eigenvalue weighted by atomic mass is 16.5. The highest BCUT2D eigenvalue weighted by molar-refractivity contribution is 5.89. The van der Waals surface area contributed by atoms with Gasteiger partial charge in [-0.25, -0.2) is 4.79 Å². The van der Waals surface area contributed by atoms with Gasteiger partial charge in [-0.2, -0.15) is 0 Å².